The molecule has 0 spiro atoms. The van der Waals surface area contributed by atoms with Crippen molar-refractivity contribution in [1.29, 1.82) is 0 Å². The zero-order chi connectivity index (χ0) is 21.5. The lowest BCUT2D eigenvalue weighted by molar-refractivity contribution is -0.118. The number of rotatable bonds is 10. The van der Waals surface area contributed by atoms with Gasteiger partial charge in [0.2, 0.25) is 5.91 Å². The first-order valence-electron chi connectivity index (χ1n) is 10.7. The molecule has 0 saturated carbocycles. The highest BCUT2D eigenvalue weighted by molar-refractivity contribution is 8.00. The predicted molar refractivity (Wildman–Crippen MR) is 130 cm³/mol. The summed E-state index contributed by atoms with van der Waals surface area (Å²) in [7, 11) is 0. The number of allylic oxidation sites excluding steroid dienone is 1. The number of fused-ring (bicyclic) bond motifs is 1. The minimum Gasteiger partial charge on any atom is -0.355 e. The lowest BCUT2D eigenvalue weighted by atomic mass is 9.97. The summed E-state index contributed by atoms with van der Waals surface area (Å²) in [6.45, 7) is 3.58. The largest absolute Gasteiger partial charge is 0.355 e. The summed E-state index contributed by atoms with van der Waals surface area (Å²) < 4.78 is 4.32. The second kappa shape index (κ2) is 11.2. The predicted octanol–water partition coefficient (Wildman–Crippen LogP) is 5.30. The van der Waals surface area contributed by atoms with Crippen molar-refractivity contribution in [3.05, 3.63) is 41.7 Å². The van der Waals surface area contributed by atoms with Gasteiger partial charge in [-0.3, -0.25) is 4.79 Å². The van der Waals surface area contributed by atoms with Crippen LogP contribution in [0.15, 0.2) is 45.4 Å². The van der Waals surface area contributed by atoms with E-state index in [9.17, 15) is 4.79 Å². The molecule has 0 saturated heterocycles. The molecule has 0 fully saturated rings. The van der Waals surface area contributed by atoms with Crippen LogP contribution in [0.25, 0.3) is 10.2 Å². The molecule has 0 atom stereocenters. The summed E-state index contributed by atoms with van der Waals surface area (Å²) in [5.41, 5.74) is 2.52. The Kier molecular flexibility index (Phi) is 8.04. The minimum absolute atomic E-state index is 0.0532. The van der Waals surface area contributed by atoms with Gasteiger partial charge in [0.1, 0.15) is 5.82 Å². The van der Waals surface area contributed by atoms with Crippen molar-refractivity contribution >= 4 is 51.0 Å². The number of thiazole rings is 1. The van der Waals surface area contributed by atoms with E-state index in [1.54, 1.807) is 23.1 Å². The van der Waals surface area contributed by atoms with Crippen LogP contribution in [-0.2, 0) is 17.1 Å². The third-order valence-corrected chi connectivity index (χ3v) is 8.34. The highest BCUT2D eigenvalue weighted by Gasteiger charge is 2.14. The highest BCUT2D eigenvalue weighted by Crippen LogP contribution is 2.31. The third kappa shape index (κ3) is 6.11. The molecule has 2 aromatic heterocycles. The molecule has 3 aromatic rings. The molecule has 1 aliphatic rings. The Morgan fingerprint density at radius 2 is 2.13 bits per heavy atom. The normalized spacial score (nSPS) is 14.0. The van der Waals surface area contributed by atoms with Crippen molar-refractivity contribution in [3.63, 3.8) is 0 Å². The van der Waals surface area contributed by atoms with Crippen LogP contribution in [0.3, 0.4) is 0 Å². The number of carbonyl (C=O) groups is 1. The maximum absolute atomic E-state index is 12.2. The number of amides is 1. The Balaban J connectivity index is 1.26. The van der Waals surface area contributed by atoms with Gasteiger partial charge in [0.25, 0.3) is 0 Å². The summed E-state index contributed by atoms with van der Waals surface area (Å²) in [5, 5.41) is 12.5. The van der Waals surface area contributed by atoms with E-state index in [-0.39, 0.29) is 5.91 Å². The van der Waals surface area contributed by atoms with E-state index in [1.807, 2.05) is 18.2 Å². The van der Waals surface area contributed by atoms with Gasteiger partial charge in [-0.05, 0) is 51.2 Å². The molecule has 0 bridgehead atoms. The summed E-state index contributed by atoms with van der Waals surface area (Å²) in [6, 6.07) is 8.18. The van der Waals surface area contributed by atoms with Crippen molar-refractivity contribution in [2.75, 3.05) is 12.3 Å². The van der Waals surface area contributed by atoms with Gasteiger partial charge in [-0.25, -0.2) is 4.98 Å². The smallest absolute Gasteiger partial charge is 0.230 e. The fraction of sp³-hybridized carbons (Fsp3) is 0.455. The van der Waals surface area contributed by atoms with Gasteiger partial charge in [0.05, 0.1) is 21.7 Å². The molecule has 0 aliphatic heterocycles. The van der Waals surface area contributed by atoms with E-state index >= 15 is 0 Å². The van der Waals surface area contributed by atoms with Crippen molar-refractivity contribution in [3.8, 4) is 0 Å². The summed E-state index contributed by atoms with van der Waals surface area (Å²) in [5.74, 6) is 2.04. The average molecular weight is 474 g/mol. The molecule has 31 heavy (non-hydrogen) atoms. The molecule has 164 valence electrons. The van der Waals surface area contributed by atoms with E-state index < -0.39 is 0 Å². The first kappa shape index (κ1) is 22.4. The number of thioether (sulfide) groups is 2. The van der Waals surface area contributed by atoms with Crippen LogP contribution < -0.4 is 5.32 Å². The fourth-order valence-electron chi connectivity index (χ4n) is 3.56. The van der Waals surface area contributed by atoms with Gasteiger partial charge in [0.15, 0.2) is 9.50 Å². The van der Waals surface area contributed by atoms with Gasteiger partial charge in [0, 0.05) is 13.1 Å². The van der Waals surface area contributed by atoms with Crippen LogP contribution in [0.4, 0.5) is 0 Å². The molecule has 4 rings (SSSR count). The van der Waals surface area contributed by atoms with Crippen LogP contribution in [0.1, 0.15) is 44.9 Å². The van der Waals surface area contributed by atoms with Gasteiger partial charge >= 0.3 is 0 Å². The molecular weight excluding hydrogens is 446 g/mol. The molecule has 1 N–H and O–H groups in total. The second-order valence-corrected chi connectivity index (χ2v) is 10.6. The topological polar surface area (TPSA) is 72.7 Å². The van der Waals surface area contributed by atoms with Crippen molar-refractivity contribution in [2.45, 2.75) is 60.8 Å². The fourth-order valence-corrected chi connectivity index (χ4v) is 6.42. The lowest BCUT2D eigenvalue weighted by Crippen LogP contribution is -2.26. The van der Waals surface area contributed by atoms with Crippen molar-refractivity contribution < 1.29 is 4.79 Å². The monoisotopic (exact) mass is 473 g/mol. The van der Waals surface area contributed by atoms with Crippen LogP contribution in [0.5, 0.6) is 0 Å². The molecule has 9 heteroatoms. The molecule has 0 unspecified atom stereocenters. The van der Waals surface area contributed by atoms with Crippen LogP contribution in [-0.4, -0.2) is 38.0 Å². The maximum Gasteiger partial charge on any atom is 0.230 e. The number of hydrogen-bond acceptors (Lipinski definition) is 7. The van der Waals surface area contributed by atoms with Gasteiger partial charge in [-0.2, -0.15) is 0 Å². The average Bonchev–Trinajstić information content (AvgIpc) is 3.40. The Labute approximate surface area is 195 Å². The Bertz CT molecular complexity index is 1030. The zero-order valence-electron chi connectivity index (χ0n) is 17.7. The first-order valence-corrected chi connectivity index (χ1v) is 13.5. The number of nitrogens with one attached hydrogen (secondary N) is 1. The first-order chi connectivity index (χ1) is 15.2. The van der Waals surface area contributed by atoms with Crippen molar-refractivity contribution in [1.82, 2.24) is 25.1 Å². The van der Waals surface area contributed by atoms with E-state index in [0.29, 0.717) is 11.5 Å². The lowest BCUT2D eigenvalue weighted by Gasteiger charge is -2.12. The van der Waals surface area contributed by atoms with Crippen LogP contribution in [0.2, 0.25) is 0 Å². The number of para-hydroxylation sites is 1. The molecule has 2 heterocycles. The van der Waals surface area contributed by atoms with Gasteiger partial charge in [-0.15, -0.1) is 21.5 Å². The van der Waals surface area contributed by atoms with E-state index in [4.69, 9.17) is 0 Å². The van der Waals surface area contributed by atoms with E-state index in [1.165, 1.54) is 47.7 Å². The zero-order valence-corrected chi connectivity index (χ0v) is 20.1. The standard InChI is InChI=1S/C22H27N5OS3/c1-2-27-19(14-30-22-24-17-10-6-7-11-18(17)31-22)25-26-21(27)29-15-20(28)23-13-12-16-8-4-3-5-9-16/h6-8,10-11H,2-5,9,12-15H2,1H3,(H,23,28). The number of aromatic nitrogens is 4. The molecule has 1 amide bonds. The molecule has 0 radical (unpaired) electrons. The quantitative estimate of drug-likeness (QED) is 0.318. The Morgan fingerprint density at radius 3 is 2.94 bits per heavy atom. The highest BCUT2D eigenvalue weighted by atomic mass is 32.2. The number of hydrogen-bond donors (Lipinski definition) is 1. The van der Waals surface area contributed by atoms with Crippen LogP contribution >= 0.6 is 34.9 Å². The van der Waals surface area contributed by atoms with E-state index in [0.717, 1.165) is 40.3 Å². The summed E-state index contributed by atoms with van der Waals surface area (Å²) in [6.07, 6.45) is 8.25. The second-order valence-electron chi connectivity index (χ2n) is 7.38. The number of nitrogens with zero attached hydrogens (tertiary/aromatic N) is 4. The number of benzene rings is 1. The van der Waals surface area contributed by atoms with E-state index in [2.05, 4.69) is 44.1 Å². The van der Waals surface area contributed by atoms with Crippen LogP contribution in [0, 0.1) is 0 Å². The SMILES string of the molecule is CCn1c(CSc2nc3ccccc3s2)nnc1SCC(=O)NCCC1=CCCCC1. The van der Waals surface area contributed by atoms with Gasteiger partial charge < -0.3 is 9.88 Å². The molecule has 1 aromatic carbocycles. The Morgan fingerprint density at radius 1 is 1.23 bits per heavy atom. The maximum atomic E-state index is 12.2. The summed E-state index contributed by atoms with van der Waals surface area (Å²) >= 11 is 4.83. The van der Waals surface area contributed by atoms with Crippen molar-refractivity contribution in [2.24, 2.45) is 0 Å². The molecule has 6 nitrogen and oxygen atoms in total. The summed E-state index contributed by atoms with van der Waals surface area (Å²) in [4.78, 5) is 16.9. The Hall–Kier alpha value is -1.84. The number of carbonyl (C=O) groups excluding carboxylic acids is 1. The third-order valence-electron chi connectivity index (χ3n) is 5.19. The minimum atomic E-state index is 0.0532. The van der Waals surface area contributed by atoms with Gasteiger partial charge in [-0.1, -0.05) is 47.3 Å². The molecular formula is C22H27N5OS3. The molecule has 1 aliphatic carbocycles.